The van der Waals surface area contributed by atoms with Gasteiger partial charge in [0.15, 0.2) is 0 Å². The lowest BCUT2D eigenvalue weighted by atomic mass is 10.0. The van der Waals surface area contributed by atoms with E-state index in [-0.39, 0.29) is 11.3 Å². The van der Waals surface area contributed by atoms with E-state index >= 15 is 0 Å². The summed E-state index contributed by atoms with van der Waals surface area (Å²) >= 11 is 0. The highest BCUT2D eigenvalue weighted by Gasteiger charge is 2.37. The molecular weight excluding hydrogens is 351 g/mol. The first kappa shape index (κ1) is 27.2. The van der Waals surface area contributed by atoms with Crippen LogP contribution in [0.15, 0.2) is 0 Å². The van der Waals surface area contributed by atoms with Gasteiger partial charge < -0.3 is 4.89 Å². The zero-order valence-corrected chi connectivity index (χ0v) is 20.1. The van der Waals surface area contributed by atoms with Gasteiger partial charge in [-0.1, -0.05) is 118 Å². The maximum atomic E-state index is 13.6. The van der Waals surface area contributed by atoms with Crippen LogP contribution in [0.25, 0.3) is 0 Å². The first-order valence-corrected chi connectivity index (χ1v) is 14.2. The van der Waals surface area contributed by atoms with Crippen LogP contribution in [0, 0.1) is 0 Å². The maximum absolute atomic E-state index is 13.6. The Morgan fingerprint density at radius 3 is 1.33 bits per heavy atom. The lowest BCUT2D eigenvalue weighted by Gasteiger charge is -2.30. The summed E-state index contributed by atoms with van der Waals surface area (Å²) in [4.78, 5) is 11.2. The lowest BCUT2D eigenvalue weighted by molar-refractivity contribution is 0.413. The number of unbranched alkanes of at least 4 members (excludes halogenated alkanes) is 10. The average Bonchev–Trinajstić information content (AvgIpc) is 2.65. The van der Waals surface area contributed by atoms with Gasteiger partial charge >= 0.3 is 0 Å². The van der Waals surface area contributed by atoms with Gasteiger partial charge in [-0.15, -0.1) is 0 Å². The molecule has 0 aromatic rings. The zero-order chi connectivity index (χ0) is 20.4. The molecule has 27 heavy (non-hydrogen) atoms. The van der Waals surface area contributed by atoms with Gasteiger partial charge in [0.2, 0.25) is 7.37 Å². The van der Waals surface area contributed by atoms with E-state index in [1.807, 2.05) is 0 Å². The quantitative estimate of drug-likeness (QED) is 0.163. The third kappa shape index (κ3) is 13.1. The molecule has 0 rings (SSSR count). The molecule has 0 bridgehead atoms. The normalized spacial score (nSPS) is 16.2. The molecule has 0 saturated heterocycles. The summed E-state index contributed by atoms with van der Waals surface area (Å²) in [7, 11) is -3.08. The number of hydrogen-bond acceptors (Lipinski definition) is 1. The SMILES string of the molecule is CCCCCCCCC(CCCCCCC)P(=O)(O)C(CCC)CCCC. The minimum Gasteiger partial charge on any atom is -0.344 e. The summed E-state index contributed by atoms with van der Waals surface area (Å²) in [6, 6.07) is 0. The molecule has 0 aromatic carbocycles. The molecule has 3 atom stereocenters. The molecule has 3 unspecified atom stereocenters. The molecule has 2 nitrogen and oxygen atoms in total. The second kappa shape index (κ2) is 18.2. The number of hydrogen-bond donors (Lipinski definition) is 1. The van der Waals surface area contributed by atoms with E-state index in [1.54, 1.807) is 0 Å². The largest absolute Gasteiger partial charge is 0.344 e. The van der Waals surface area contributed by atoms with Gasteiger partial charge in [0.05, 0.1) is 0 Å². The molecule has 0 fully saturated rings. The highest BCUT2D eigenvalue weighted by Crippen LogP contribution is 2.57. The van der Waals surface area contributed by atoms with Gasteiger partial charge in [0, 0.05) is 11.3 Å². The van der Waals surface area contributed by atoms with Crippen LogP contribution in [0.1, 0.15) is 143 Å². The Hall–Kier alpha value is 0.190. The van der Waals surface area contributed by atoms with E-state index in [0.717, 1.165) is 57.8 Å². The van der Waals surface area contributed by atoms with E-state index in [0.29, 0.717) is 0 Å². The van der Waals surface area contributed by atoms with Gasteiger partial charge in [0.1, 0.15) is 0 Å². The van der Waals surface area contributed by atoms with Gasteiger partial charge in [-0.25, -0.2) is 0 Å². The molecule has 0 spiro atoms. The zero-order valence-electron chi connectivity index (χ0n) is 19.2. The predicted octanol–water partition coefficient (Wildman–Crippen LogP) is 9.10. The molecule has 0 amide bonds. The molecular formula is C24H51O2P. The Morgan fingerprint density at radius 2 is 0.889 bits per heavy atom. The van der Waals surface area contributed by atoms with Crippen LogP contribution in [-0.4, -0.2) is 16.2 Å². The van der Waals surface area contributed by atoms with Crippen LogP contribution in [0.2, 0.25) is 0 Å². The molecule has 1 N–H and O–H groups in total. The molecule has 0 aliphatic rings. The molecule has 0 radical (unpaired) electrons. The predicted molar refractivity (Wildman–Crippen MR) is 123 cm³/mol. The maximum Gasteiger partial charge on any atom is 0.206 e. The van der Waals surface area contributed by atoms with Gasteiger partial charge in [-0.2, -0.15) is 0 Å². The van der Waals surface area contributed by atoms with Crippen molar-refractivity contribution in [3.63, 3.8) is 0 Å². The molecule has 0 saturated carbocycles. The van der Waals surface area contributed by atoms with Crippen molar-refractivity contribution in [2.24, 2.45) is 0 Å². The van der Waals surface area contributed by atoms with Crippen LogP contribution in [0.5, 0.6) is 0 Å². The summed E-state index contributed by atoms with van der Waals surface area (Å²) in [6.07, 6.45) is 20.9. The van der Waals surface area contributed by atoms with Crippen molar-refractivity contribution in [1.82, 2.24) is 0 Å². The molecule has 0 heterocycles. The van der Waals surface area contributed by atoms with E-state index < -0.39 is 7.37 Å². The topological polar surface area (TPSA) is 37.3 Å². The Morgan fingerprint density at radius 1 is 0.519 bits per heavy atom. The van der Waals surface area contributed by atoms with E-state index in [9.17, 15) is 9.46 Å². The van der Waals surface area contributed by atoms with E-state index in [4.69, 9.17) is 0 Å². The Labute approximate surface area is 171 Å². The van der Waals surface area contributed by atoms with Crippen LogP contribution >= 0.6 is 7.37 Å². The van der Waals surface area contributed by atoms with Gasteiger partial charge in [-0.3, -0.25) is 4.57 Å². The fraction of sp³-hybridized carbons (Fsp3) is 1.00. The first-order valence-electron chi connectivity index (χ1n) is 12.4. The van der Waals surface area contributed by atoms with E-state index in [1.165, 1.54) is 57.8 Å². The minimum absolute atomic E-state index is 0.0446. The minimum atomic E-state index is -3.08. The van der Waals surface area contributed by atoms with Crippen LogP contribution in [0.4, 0.5) is 0 Å². The smallest absolute Gasteiger partial charge is 0.206 e. The van der Waals surface area contributed by atoms with Crippen molar-refractivity contribution in [3.05, 3.63) is 0 Å². The highest BCUT2D eigenvalue weighted by atomic mass is 31.2. The molecule has 0 aliphatic heterocycles. The standard InChI is InChI=1S/C24H51O2P/c1-5-9-12-14-16-18-22-24(21-17-15-13-10-6-2)27(25,26)23(19-8-4)20-11-7-3/h23-24H,5-22H2,1-4H3,(H,25,26). The fourth-order valence-electron chi connectivity index (χ4n) is 4.24. The van der Waals surface area contributed by atoms with Gasteiger partial charge in [-0.05, 0) is 25.7 Å². The van der Waals surface area contributed by atoms with Gasteiger partial charge in [0.25, 0.3) is 0 Å². The van der Waals surface area contributed by atoms with Crippen molar-refractivity contribution in [3.8, 4) is 0 Å². The second-order valence-corrected chi connectivity index (χ2v) is 11.5. The Bertz CT molecular complexity index is 356. The van der Waals surface area contributed by atoms with E-state index in [2.05, 4.69) is 27.7 Å². The second-order valence-electron chi connectivity index (χ2n) is 8.67. The third-order valence-electron chi connectivity index (χ3n) is 6.09. The third-order valence-corrected chi connectivity index (χ3v) is 9.22. The van der Waals surface area contributed by atoms with Crippen molar-refractivity contribution in [2.75, 3.05) is 0 Å². The van der Waals surface area contributed by atoms with Crippen molar-refractivity contribution >= 4 is 7.37 Å². The van der Waals surface area contributed by atoms with Crippen LogP contribution in [-0.2, 0) is 4.57 Å². The molecule has 0 aliphatic carbocycles. The number of rotatable bonds is 20. The average molecular weight is 403 g/mol. The summed E-state index contributed by atoms with van der Waals surface area (Å²) in [5, 5.41) is 0. The molecule has 0 aromatic heterocycles. The Balaban J connectivity index is 4.74. The molecule has 3 heteroatoms. The summed E-state index contributed by atoms with van der Waals surface area (Å²) in [6.45, 7) is 8.84. The Kier molecular flexibility index (Phi) is 18.4. The fourth-order valence-corrected chi connectivity index (χ4v) is 7.13. The monoisotopic (exact) mass is 402 g/mol. The molecule has 164 valence electrons. The first-order chi connectivity index (χ1) is 13.0. The van der Waals surface area contributed by atoms with Crippen molar-refractivity contribution in [1.29, 1.82) is 0 Å². The van der Waals surface area contributed by atoms with Crippen LogP contribution in [0.3, 0.4) is 0 Å². The van der Waals surface area contributed by atoms with Crippen LogP contribution < -0.4 is 0 Å². The lowest BCUT2D eigenvalue weighted by Crippen LogP contribution is -2.19. The van der Waals surface area contributed by atoms with Crippen molar-refractivity contribution in [2.45, 2.75) is 155 Å². The summed E-state index contributed by atoms with van der Waals surface area (Å²) in [5.74, 6) is 0. The van der Waals surface area contributed by atoms with Crippen molar-refractivity contribution < 1.29 is 9.46 Å². The summed E-state index contributed by atoms with van der Waals surface area (Å²) in [5.41, 5.74) is 0.0990. The highest BCUT2D eigenvalue weighted by molar-refractivity contribution is 7.59. The summed E-state index contributed by atoms with van der Waals surface area (Å²) < 4.78 is 13.6.